The van der Waals surface area contributed by atoms with Crippen LogP contribution in [0.1, 0.15) is 19.8 Å². The molecule has 0 fully saturated rings. The zero-order valence-corrected chi connectivity index (χ0v) is 11.8. The van der Waals surface area contributed by atoms with Crippen molar-refractivity contribution in [2.45, 2.75) is 19.8 Å². The first-order valence-electron chi connectivity index (χ1n) is 5.87. The highest BCUT2D eigenvalue weighted by atomic mass is 32.2. The molecule has 1 aromatic rings. The minimum absolute atomic E-state index is 0.0741. The van der Waals surface area contributed by atoms with E-state index in [9.17, 15) is 4.79 Å². The predicted molar refractivity (Wildman–Crippen MR) is 75.9 cm³/mol. The third kappa shape index (κ3) is 4.49. The van der Waals surface area contributed by atoms with Crippen LogP contribution in [0.4, 0.5) is 10.5 Å². The number of carbonyl (C=O) groups excluding carboxylic acids is 1. The average molecular weight is 269 g/mol. The van der Waals surface area contributed by atoms with Gasteiger partial charge in [-0.05, 0) is 18.6 Å². The Morgan fingerprint density at radius 2 is 2.11 bits per heavy atom. The van der Waals surface area contributed by atoms with Crippen molar-refractivity contribution in [3.63, 3.8) is 0 Å². The molecule has 0 aliphatic heterocycles. The lowest BCUT2D eigenvalue weighted by molar-refractivity contribution is 0.269. The molecule has 0 heterocycles. The Balaban J connectivity index is 2.66. The molecule has 0 aliphatic rings. The van der Waals surface area contributed by atoms with Crippen molar-refractivity contribution in [2.75, 3.05) is 25.3 Å². The third-order valence-electron chi connectivity index (χ3n) is 2.37. The number of carbonyl (C=O) groups is 1. The molecule has 0 aliphatic carbocycles. The summed E-state index contributed by atoms with van der Waals surface area (Å²) in [4.78, 5) is 11.7. The van der Waals surface area contributed by atoms with Gasteiger partial charge in [0.15, 0.2) is 0 Å². The molecule has 0 radical (unpaired) electrons. The molecule has 18 heavy (non-hydrogen) atoms. The van der Waals surface area contributed by atoms with Gasteiger partial charge in [-0.3, -0.25) is 4.79 Å². The third-order valence-corrected chi connectivity index (χ3v) is 3.23. The van der Waals surface area contributed by atoms with Crippen molar-refractivity contribution in [3.05, 3.63) is 18.2 Å². The number of thioether (sulfide) groups is 1. The van der Waals surface area contributed by atoms with Crippen molar-refractivity contribution in [1.82, 2.24) is 0 Å². The Labute approximate surface area is 112 Å². The largest absolute Gasteiger partial charge is 0.497 e. The topological polar surface area (TPSA) is 47.6 Å². The molecule has 5 heteroatoms. The predicted octanol–water partition coefficient (Wildman–Crippen LogP) is 3.77. The minimum Gasteiger partial charge on any atom is -0.497 e. The van der Waals surface area contributed by atoms with Crippen LogP contribution in [0.25, 0.3) is 0 Å². The van der Waals surface area contributed by atoms with Crippen LogP contribution >= 0.6 is 11.8 Å². The van der Waals surface area contributed by atoms with Gasteiger partial charge in [0.2, 0.25) is 0 Å². The number of hydrogen-bond acceptors (Lipinski definition) is 4. The molecule has 0 atom stereocenters. The van der Waals surface area contributed by atoms with Crippen LogP contribution in [0.2, 0.25) is 0 Å². The molecule has 1 amide bonds. The standard InChI is InChI=1S/C13H19NO3S/c1-4-5-8-18-13(15)14-11-9-10(16-2)6-7-12(11)17-3/h6-7,9H,4-5,8H2,1-3H3,(H,14,15). The van der Waals surface area contributed by atoms with Gasteiger partial charge >= 0.3 is 0 Å². The number of methoxy groups -OCH3 is 2. The number of rotatable bonds is 6. The average Bonchev–Trinajstić information content (AvgIpc) is 2.39. The molecular formula is C13H19NO3S. The number of unbranched alkanes of at least 4 members (excludes halogenated alkanes) is 1. The lowest BCUT2D eigenvalue weighted by atomic mass is 10.3. The summed E-state index contributed by atoms with van der Waals surface area (Å²) in [6.45, 7) is 2.10. The van der Waals surface area contributed by atoms with E-state index in [1.807, 2.05) is 0 Å². The lowest BCUT2D eigenvalue weighted by Gasteiger charge is -2.11. The van der Waals surface area contributed by atoms with Crippen LogP contribution in [0.3, 0.4) is 0 Å². The van der Waals surface area contributed by atoms with E-state index in [2.05, 4.69) is 12.2 Å². The van der Waals surface area contributed by atoms with Crippen LogP contribution in [0.5, 0.6) is 11.5 Å². The van der Waals surface area contributed by atoms with Gasteiger partial charge in [-0.2, -0.15) is 0 Å². The SMILES string of the molecule is CCCCSC(=O)Nc1cc(OC)ccc1OC. The summed E-state index contributed by atoms with van der Waals surface area (Å²) in [6, 6.07) is 5.31. The van der Waals surface area contributed by atoms with Crippen molar-refractivity contribution in [1.29, 1.82) is 0 Å². The molecule has 0 spiro atoms. The van der Waals surface area contributed by atoms with Crippen LogP contribution in [0, 0.1) is 0 Å². The van der Waals surface area contributed by atoms with Crippen molar-refractivity contribution in [3.8, 4) is 11.5 Å². The Bertz CT molecular complexity index is 396. The number of hydrogen-bond donors (Lipinski definition) is 1. The highest BCUT2D eigenvalue weighted by Crippen LogP contribution is 2.29. The fourth-order valence-corrected chi connectivity index (χ4v) is 2.17. The lowest BCUT2D eigenvalue weighted by Crippen LogP contribution is -2.07. The van der Waals surface area contributed by atoms with Crippen molar-refractivity contribution < 1.29 is 14.3 Å². The first-order valence-corrected chi connectivity index (χ1v) is 6.85. The molecular weight excluding hydrogens is 250 g/mol. The maximum Gasteiger partial charge on any atom is 0.283 e. The summed E-state index contributed by atoms with van der Waals surface area (Å²) in [7, 11) is 3.16. The Hall–Kier alpha value is -1.36. The van der Waals surface area contributed by atoms with Gasteiger partial charge in [0.25, 0.3) is 5.24 Å². The molecule has 0 saturated carbocycles. The highest BCUT2D eigenvalue weighted by molar-refractivity contribution is 8.13. The normalized spacial score (nSPS) is 9.94. The number of amides is 1. The smallest absolute Gasteiger partial charge is 0.283 e. The first-order chi connectivity index (χ1) is 8.71. The Kier molecular flexibility index (Phi) is 6.43. The summed E-state index contributed by atoms with van der Waals surface area (Å²) in [5.74, 6) is 2.14. The Morgan fingerprint density at radius 1 is 1.33 bits per heavy atom. The molecule has 1 aromatic carbocycles. The van der Waals surface area contributed by atoms with Gasteiger partial charge in [-0.1, -0.05) is 25.1 Å². The van der Waals surface area contributed by atoms with Gasteiger partial charge in [-0.25, -0.2) is 0 Å². The summed E-state index contributed by atoms with van der Waals surface area (Å²) < 4.78 is 10.3. The number of ether oxygens (including phenoxy) is 2. The van der Waals surface area contributed by atoms with E-state index in [4.69, 9.17) is 9.47 Å². The molecule has 100 valence electrons. The fraction of sp³-hybridized carbons (Fsp3) is 0.462. The minimum atomic E-state index is -0.0741. The Morgan fingerprint density at radius 3 is 2.72 bits per heavy atom. The second kappa shape index (κ2) is 7.87. The van der Waals surface area contributed by atoms with E-state index in [1.54, 1.807) is 32.4 Å². The number of nitrogens with one attached hydrogen (secondary N) is 1. The van der Waals surface area contributed by atoms with Gasteiger partial charge in [0, 0.05) is 11.8 Å². The van der Waals surface area contributed by atoms with Gasteiger partial charge in [0.1, 0.15) is 11.5 Å². The summed E-state index contributed by atoms with van der Waals surface area (Å²) in [5, 5.41) is 2.74. The summed E-state index contributed by atoms with van der Waals surface area (Å²) in [5.41, 5.74) is 0.630. The summed E-state index contributed by atoms with van der Waals surface area (Å²) >= 11 is 1.28. The van der Waals surface area contributed by atoms with E-state index >= 15 is 0 Å². The van der Waals surface area contributed by atoms with Crippen molar-refractivity contribution >= 4 is 22.7 Å². The second-order valence-corrected chi connectivity index (χ2v) is 4.75. The monoisotopic (exact) mass is 269 g/mol. The fourth-order valence-electron chi connectivity index (χ4n) is 1.37. The molecule has 1 N–H and O–H groups in total. The first kappa shape index (κ1) is 14.7. The van der Waals surface area contributed by atoms with E-state index < -0.39 is 0 Å². The highest BCUT2D eigenvalue weighted by Gasteiger charge is 2.09. The van der Waals surface area contributed by atoms with E-state index in [0.29, 0.717) is 17.2 Å². The molecule has 0 aromatic heterocycles. The van der Waals surface area contributed by atoms with Gasteiger partial charge < -0.3 is 14.8 Å². The van der Waals surface area contributed by atoms with Crippen LogP contribution < -0.4 is 14.8 Å². The maximum atomic E-state index is 11.7. The van der Waals surface area contributed by atoms with E-state index in [0.717, 1.165) is 18.6 Å². The quantitative estimate of drug-likeness (QED) is 0.799. The molecule has 4 nitrogen and oxygen atoms in total. The number of benzene rings is 1. The zero-order chi connectivity index (χ0) is 13.4. The van der Waals surface area contributed by atoms with E-state index in [1.165, 1.54) is 11.8 Å². The number of anilines is 1. The van der Waals surface area contributed by atoms with Crippen molar-refractivity contribution in [2.24, 2.45) is 0 Å². The van der Waals surface area contributed by atoms with Gasteiger partial charge in [-0.15, -0.1) is 0 Å². The van der Waals surface area contributed by atoms with Crippen LogP contribution in [0.15, 0.2) is 18.2 Å². The zero-order valence-electron chi connectivity index (χ0n) is 11.0. The molecule has 0 unspecified atom stereocenters. The van der Waals surface area contributed by atoms with Crippen LogP contribution in [-0.4, -0.2) is 25.2 Å². The maximum absolute atomic E-state index is 11.7. The van der Waals surface area contributed by atoms with E-state index in [-0.39, 0.29) is 5.24 Å². The molecule has 0 saturated heterocycles. The molecule has 0 bridgehead atoms. The van der Waals surface area contributed by atoms with Crippen LogP contribution in [-0.2, 0) is 0 Å². The second-order valence-electron chi connectivity index (χ2n) is 3.68. The summed E-state index contributed by atoms with van der Waals surface area (Å²) in [6.07, 6.45) is 2.12. The molecule has 1 rings (SSSR count). The van der Waals surface area contributed by atoms with Gasteiger partial charge in [0.05, 0.1) is 19.9 Å².